The summed E-state index contributed by atoms with van der Waals surface area (Å²) < 4.78 is 14.0. The fraction of sp³-hybridized carbons (Fsp3) is 0.455. The van der Waals surface area contributed by atoms with Crippen LogP contribution >= 0.6 is 24.0 Å². The lowest BCUT2D eigenvalue weighted by Crippen LogP contribution is -2.47. The number of aliphatic imine (C=N–C) groups is 1. The van der Waals surface area contributed by atoms with Gasteiger partial charge in [-0.25, -0.2) is 9.37 Å². The molecule has 1 aromatic carbocycles. The molecule has 2 aromatic rings. The maximum atomic E-state index is 14.0. The lowest BCUT2D eigenvalue weighted by atomic mass is 9.86. The van der Waals surface area contributed by atoms with Crippen LogP contribution in [0, 0.1) is 11.2 Å². The molecule has 1 atom stereocenters. The topological polar surface area (TPSA) is 52.6 Å². The zero-order valence-corrected chi connectivity index (χ0v) is 19.7. The van der Waals surface area contributed by atoms with Crippen molar-refractivity contribution in [3.8, 4) is 0 Å². The molecular formula is C22H31FIN5. The monoisotopic (exact) mass is 511 g/mol. The summed E-state index contributed by atoms with van der Waals surface area (Å²) in [5.41, 5.74) is 1.43. The van der Waals surface area contributed by atoms with E-state index in [9.17, 15) is 4.39 Å². The van der Waals surface area contributed by atoms with E-state index in [1.54, 1.807) is 19.3 Å². The Bertz CT molecular complexity index is 797. The van der Waals surface area contributed by atoms with Gasteiger partial charge in [-0.05, 0) is 36.0 Å². The maximum Gasteiger partial charge on any atom is 0.191 e. The third-order valence-corrected chi connectivity index (χ3v) is 5.05. The average Bonchev–Trinajstić information content (AvgIpc) is 3.14. The minimum absolute atomic E-state index is 0. The molecule has 0 amide bonds. The number of anilines is 1. The van der Waals surface area contributed by atoms with Gasteiger partial charge in [-0.1, -0.05) is 44.2 Å². The van der Waals surface area contributed by atoms with E-state index in [1.807, 2.05) is 11.0 Å². The highest BCUT2D eigenvalue weighted by Crippen LogP contribution is 2.22. The molecule has 1 aromatic heterocycles. The molecule has 0 spiro atoms. The lowest BCUT2D eigenvalue weighted by molar-refractivity contribution is 0.358. The second-order valence-electron chi connectivity index (χ2n) is 8.14. The van der Waals surface area contributed by atoms with Crippen molar-refractivity contribution in [2.45, 2.75) is 32.7 Å². The number of nitrogens with zero attached hydrogens (tertiary/aromatic N) is 3. The highest BCUT2D eigenvalue weighted by Gasteiger charge is 2.26. The van der Waals surface area contributed by atoms with Crippen molar-refractivity contribution in [3.63, 3.8) is 0 Å². The SMILES string of the molecule is CN=C(NCC(C)(C)Cc1ccccc1)NC1CCN(c2ncccc2F)C1.I. The van der Waals surface area contributed by atoms with Crippen molar-refractivity contribution in [1.82, 2.24) is 15.6 Å². The first kappa shape index (κ1) is 23.4. The third kappa shape index (κ3) is 6.83. The molecule has 0 bridgehead atoms. The molecule has 7 heteroatoms. The largest absolute Gasteiger partial charge is 0.356 e. The highest BCUT2D eigenvalue weighted by molar-refractivity contribution is 14.0. The first-order valence-electron chi connectivity index (χ1n) is 9.83. The van der Waals surface area contributed by atoms with Crippen LogP contribution < -0.4 is 15.5 Å². The summed E-state index contributed by atoms with van der Waals surface area (Å²) >= 11 is 0. The number of benzene rings is 1. The number of hydrogen-bond acceptors (Lipinski definition) is 3. The predicted molar refractivity (Wildman–Crippen MR) is 129 cm³/mol. The van der Waals surface area contributed by atoms with E-state index in [0.29, 0.717) is 12.4 Å². The van der Waals surface area contributed by atoms with Gasteiger partial charge >= 0.3 is 0 Å². The van der Waals surface area contributed by atoms with E-state index in [-0.39, 0.29) is 41.3 Å². The van der Waals surface area contributed by atoms with Crippen LogP contribution in [-0.2, 0) is 6.42 Å². The smallest absolute Gasteiger partial charge is 0.191 e. The van der Waals surface area contributed by atoms with Crippen molar-refractivity contribution in [2.24, 2.45) is 10.4 Å². The van der Waals surface area contributed by atoms with Crippen molar-refractivity contribution >= 4 is 35.8 Å². The van der Waals surface area contributed by atoms with Gasteiger partial charge in [0.2, 0.25) is 0 Å². The zero-order valence-electron chi connectivity index (χ0n) is 17.4. The molecule has 1 saturated heterocycles. The Balaban J connectivity index is 0.00000300. The average molecular weight is 511 g/mol. The van der Waals surface area contributed by atoms with Gasteiger partial charge in [0.05, 0.1) is 0 Å². The maximum absolute atomic E-state index is 14.0. The van der Waals surface area contributed by atoms with Gasteiger partial charge < -0.3 is 15.5 Å². The van der Waals surface area contributed by atoms with Crippen molar-refractivity contribution in [1.29, 1.82) is 0 Å². The number of hydrogen-bond donors (Lipinski definition) is 2. The molecule has 2 N–H and O–H groups in total. The molecule has 1 unspecified atom stereocenters. The summed E-state index contributed by atoms with van der Waals surface area (Å²) in [6.45, 7) is 6.81. The number of aromatic nitrogens is 1. The van der Waals surface area contributed by atoms with Gasteiger partial charge in [-0.2, -0.15) is 0 Å². The van der Waals surface area contributed by atoms with E-state index in [4.69, 9.17) is 0 Å². The highest BCUT2D eigenvalue weighted by atomic mass is 127. The molecule has 1 aliphatic heterocycles. The van der Waals surface area contributed by atoms with Crippen LogP contribution in [0.4, 0.5) is 10.2 Å². The molecule has 0 aliphatic carbocycles. The Labute approximate surface area is 190 Å². The fourth-order valence-corrected chi connectivity index (χ4v) is 3.60. The van der Waals surface area contributed by atoms with Gasteiger partial charge in [-0.15, -0.1) is 24.0 Å². The molecular weight excluding hydrogens is 480 g/mol. The minimum Gasteiger partial charge on any atom is -0.356 e. The van der Waals surface area contributed by atoms with Gasteiger partial charge in [0, 0.05) is 38.9 Å². The predicted octanol–water partition coefficient (Wildman–Crippen LogP) is 3.85. The minimum atomic E-state index is -0.270. The number of pyridine rings is 1. The van der Waals surface area contributed by atoms with E-state index < -0.39 is 0 Å². The quantitative estimate of drug-likeness (QED) is 0.352. The van der Waals surface area contributed by atoms with Crippen LogP contribution in [0.3, 0.4) is 0 Å². The summed E-state index contributed by atoms with van der Waals surface area (Å²) in [5, 5.41) is 6.92. The number of guanidine groups is 1. The van der Waals surface area contributed by atoms with E-state index in [0.717, 1.165) is 31.9 Å². The normalized spacial score (nSPS) is 17.0. The zero-order chi connectivity index (χ0) is 20.0. The molecule has 3 rings (SSSR count). The Morgan fingerprint density at radius 3 is 2.69 bits per heavy atom. The number of halogens is 2. The number of nitrogens with one attached hydrogen (secondary N) is 2. The molecule has 0 radical (unpaired) electrons. The summed E-state index contributed by atoms with van der Waals surface area (Å²) in [6.07, 6.45) is 3.55. The molecule has 0 saturated carbocycles. The van der Waals surface area contributed by atoms with E-state index >= 15 is 0 Å². The molecule has 158 valence electrons. The number of rotatable bonds is 6. The molecule has 1 aliphatic rings. The van der Waals surface area contributed by atoms with Crippen LogP contribution in [0.2, 0.25) is 0 Å². The summed E-state index contributed by atoms with van der Waals surface area (Å²) in [7, 11) is 1.78. The van der Waals surface area contributed by atoms with Crippen molar-refractivity contribution in [3.05, 3.63) is 60.0 Å². The van der Waals surface area contributed by atoms with Crippen LogP contribution in [0.5, 0.6) is 0 Å². The second kappa shape index (κ2) is 10.8. The van der Waals surface area contributed by atoms with Gasteiger partial charge in [-0.3, -0.25) is 4.99 Å². The Morgan fingerprint density at radius 2 is 2.00 bits per heavy atom. The third-order valence-electron chi connectivity index (χ3n) is 5.05. The van der Waals surface area contributed by atoms with Gasteiger partial charge in [0.1, 0.15) is 0 Å². The molecule has 1 fully saturated rings. The van der Waals surface area contributed by atoms with E-state index in [2.05, 4.69) is 58.7 Å². The second-order valence-corrected chi connectivity index (χ2v) is 8.14. The van der Waals surface area contributed by atoms with Crippen LogP contribution in [0.1, 0.15) is 25.8 Å². The summed E-state index contributed by atoms with van der Waals surface area (Å²) in [4.78, 5) is 10.5. The molecule has 5 nitrogen and oxygen atoms in total. The molecule has 29 heavy (non-hydrogen) atoms. The standard InChI is InChI=1S/C22H30FN5.HI/c1-22(2,14-17-8-5-4-6-9-17)16-26-21(24-3)27-18-11-13-28(15-18)20-19(23)10-7-12-25-20;/h4-10,12,18H,11,13-16H2,1-3H3,(H2,24,26,27);1H. The molecule has 2 heterocycles. The van der Waals surface area contributed by atoms with Crippen molar-refractivity contribution in [2.75, 3.05) is 31.6 Å². The Morgan fingerprint density at radius 1 is 1.24 bits per heavy atom. The fourth-order valence-electron chi connectivity index (χ4n) is 3.60. The Kier molecular flexibility index (Phi) is 8.67. The summed E-state index contributed by atoms with van der Waals surface area (Å²) in [6, 6.07) is 13.8. The lowest BCUT2D eigenvalue weighted by Gasteiger charge is -2.27. The van der Waals surface area contributed by atoms with E-state index in [1.165, 1.54) is 11.6 Å². The Hall–Kier alpha value is -1.90. The van der Waals surface area contributed by atoms with Crippen LogP contribution in [-0.4, -0.2) is 43.7 Å². The van der Waals surface area contributed by atoms with Gasteiger partial charge in [0.15, 0.2) is 17.6 Å². The first-order valence-corrected chi connectivity index (χ1v) is 9.83. The van der Waals surface area contributed by atoms with Crippen LogP contribution in [0.15, 0.2) is 53.7 Å². The van der Waals surface area contributed by atoms with Crippen LogP contribution in [0.25, 0.3) is 0 Å². The summed E-state index contributed by atoms with van der Waals surface area (Å²) in [5.74, 6) is 0.946. The first-order chi connectivity index (χ1) is 13.5. The van der Waals surface area contributed by atoms with Gasteiger partial charge in [0.25, 0.3) is 0 Å². The van der Waals surface area contributed by atoms with Crippen molar-refractivity contribution < 1.29 is 4.39 Å².